The first-order chi connectivity index (χ1) is 46.3. The molecule has 3 aliphatic rings. The Morgan fingerprint density at radius 3 is 0.989 bits per heavy atom. The molecule has 0 aromatic carbocycles. The van der Waals surface area contributed by atoms with Crippen molar-refractivity contribution in [3.05, 3.63) is 12.2 Å². The van der Waals surface area contributed by atoms with E-state index in [1.807, 2.05) is 6.08 Å². The second-order valence-corrected chi connectivity index (χ2v) is 28.5. The van der Waals surface area contributed by atoms with Gasteiger partial charge in [0.25, 0.3) is 0 Å². The van der Waals surface area contributed by atoms with E-state index in [1.54, 1.807) is 6.08 Å². The normalized spacial score (nSPS) is 27.2. The summed E-state index contributed by atoms with van der Waals surface area (Å²) in [6.45, 7) is 1.74. The summed E-state index contributed by atoms with van der Waals surface area (Å²) in [4.78, 5) is 13.4. The maximum Gasteiger partial charge on any atom is 0.220 e. The second kappa shape index (κ2) is 58.1. The predicted octanol–water partition coefficient (Wildman–Crippen LogP) is 12.4. The average molecular weight is 1360 g/mol. The highest BCUT2D eigenvalue weighted by Crippen LogP contribution is 2.33. The maximum absolute atomic E-state index is 13.4. The molecule has 17 atom stereocenters. The van der Waals surface area contributed by atoms with Gasteiger partial charge in [-0.3, -0.25) is 4.79 Å². The molecule has 95 heavy (non-hydrogen) atoms. The van der Waals surface area contributed by atoms with Crippen LogP contribution in [0.1, 0.15) is 335 Å². The largest absolute Gasteiger partial charge is 0.394 e. The van der Waals surface area contributed by atoms with Gasteiger partial charge in [-0.1, -0.05) is 321 Å². The molecule has 0 aromatic rings. The van der Waals surface area contributed by atoms with Crippen LogP contribution in [0.2, 0.25) is 0 Å². The molecular formula is C76H145NO18. The summed E-state index contributed by atoms with van der Waals surface area (Å²) in [5.74, 6) is -0.270. The molecule has 19 nitrogen and oxygen atoms in total. The Hall–Kier alpha value is -1.47. The minimum atomic E-state index is -1.98. The van der Waals surface area contributed by atoms with Gasteiger partial charge in [-0.2, -0.15) is 0 Å². The summed E-state index contributed by atoms with van der Waals surface area (Å²) >= 11 is 0. The van der Waals surface area contributed by atoms with Gasteiger partial charge in [-0.25, -0.2) is 0 Å². The van der Waals surface area contributed by atoms with Gasteiger partial charge in [0.1, 0.15) is 73.2 Å². The second-order valence-electron chi connectivity index (χ2n) is 28.5. The summed E-state index contributed by atoms with van der Waals surface area (Å²) in [5, 5.41) is 120. The zero-order chi connectivity index (χ0) is 68.9. The fourth-order valence-corrected chi connectivity index (χ4v) is 13.7. The summed E-state index contributed by atoms with van der Waals surface area (Å²) in [5.41, 5.74) is 0. The van der Waals surface area contributed by atoms with Crippen molar-refractivity contribution in [2.75, 3.05) is 26.4 Å². The number of hydrogen-bond acceptors (Lipinski definition) is 18. The maximum atomic E-state index is 13.4. The first-order valence-electron chi connectivity index (χ1n) is 39.4. The molecule has 0 aromatic heterocycles. The summed E-state index contributed by atoms with van der Waals surface area (Å²) in [7, 11) is 0. The smallest absolute Gasteiger partial charge is 0.220 e. The van der Waals surface area contributed by atoms with E-state index in [2.05, 4.69) is 19.2 Å². The molecule has 3 rings (SSSR count). The third-order valence-electron chi connectivity index (χ3n) is 20.1. The molecule has 0 saturated carbocycles. The quantitative estimate of drug-likeness (QED) is 0.0199. The monoisotopic (exact) mass is 1360 g/mol. The lowest BCUT2D eigenvalue weighted by Gasteiger charge is -2.48. The van der Waals surface area contributed by atoms with Crippen LogP contribution in [0.4, 0.5) is 0 Å². The number of allylic oxidation sites excluding steroid dienone is 1. The van der Waals surface area contributed by atoms with E-state index in [-0.39, 0.29) is 18.9 Å². The lowest BCUT2D eigenvalue weighted by atomic mass is 9.96. The number of unbranched alkanes of at least 4 members (excludes halogenated alkanes) is 47. The van der Waals surface area contributed by atoms with Crippen molar-refractivity contribution in [2.24, 2.45) is 0 Å². The predicted molar refractivity (Wildman–Crippen MR) is 374 cm³/mol. The van der Waals surface area contributed by atoms with Gasteiger partial charge >= 0.3 is 0 Å². The molecule has 12 N–H and O–H groups in total. The summed E-state index contributed by atoms with van der Waals surface area (Å²) < 4.78 is 34.3. The van der Waals surface area contributed by atoms with E-state index in [0.29, 0.717) is 6.42 Å². The van der Waals surface area contributed by atoms with Gasteiger partial charge in [0.05, 0.1) is 38.6 Å². The van der Waals surface area contributed by atoms with Crippen LogP contribution in [0.5, 0.6) is 0 Å². The van der Waals surface area contributed by atoms with E-state index < -0.39 is 124 Å². The first-order valence-corrected chi connectivity index (χ1v) is 39.4. The first kappa shape index (κ1) is 87.7. The Morgan fingerprint density at radius 2 is 0.653 bits per heavy atom. The van der Waals surface area contributed by atoms with Crippen molar-refractivity contribution < 1.29 is 89.4 Å². The molecule has 3 aliphatic heterocycles. The van der Waals surface area contributed by atoms with E-state index in [1.165, 1.54) is 263 Å². The minimum absolute atomic E-state index is 0.249. The number of carbonyl (C=O) groups excluding carboxylic acids is 1. The van der Waals surface area contributed by atoms with Crippen LogP contribution in [0.3, 0.4) is 0 Å². The Labute approximate surface area is 576 Å². The topological polar surface area (TPSA) is 307 Å². The van der Waals surface area contributed by atoms with E-state index in [4.69, 9.17) is 28.4 Å². The van der Waals surface area contributed by atoms with E-state index >= 15 is 0 Å². The number of carbonyl (C=O) groups is 1. The van der Waals surface area contributed by atoms with Gasteiger partial charge in [0.15, 0.2) is 18.9 Å². The summed E-state index contributed by atoms with van der Waals surface area (Å²) in [6.07, 6.45) is 41.3. The van der Waals surface area contributed by atoms with Crippen LogP contribution in [-0.4, -0.2) is 193 Å². The minimum Gasteiger partial charge on any atom is -0.394 e. The zero-order valence-electron chi connectivity index (χ0n) is 59.9. The van der Waals surface area contributed by atoms with E-state index in [0.717, 1.165) is 44.9 Å². The van der Waals surface area contributed by atoms with Gasteiger partial charge in [-0.05, 0) is 19.3 Å². The molecule has 0 spiro atoms. The molecule has 3 saturated heterocycles. The van der Waals surface area contributed by atoms with Crippen molar-refractivity contribution in [3.63, 3.8) is 0 Å². The number of hydrogen-bond donors (Lipinski definition) is 12. The Morgan fingerprint density at radius 1 is 0.368 bits per heavy atom. The molecular weight excluding hydrogens is 1210 g/mol. The Kier molecular flexibility index (Phi) is 53.6. The molecule has 19 heteroatoms. The fourth-order valence-electron chi connectivity index (χ4n) is 13.7. The van der Waals surface area contributed by atoms with Crippen LogP contribution in [0.15, 0.2) is 12.2 Å². The standard InChI is InChI=1S/C76H145NO18/c1-3-5-7-9-11-13-15-16-17-18-19-20-21-22-23-24-25-26-27-28-29-30-31-32-33-34-35-36-37-38-39-40-41-42-43-44-46-48-50-52-54-64(82)77-59(60(81)53-51-49-47-45-14-12-10-8-6-4-2)58-90-74-70(88)67(85)72(62(56-79)92-74)95-76-71(89)68(86)73(63(57-80)93-76)94-75-69(87)66(84)65(83)61(55-78)91-75/h51,53,59-63,65-76,78-81,83-89H,3-50,52,54-58H2,1-2H3,(H,77,82)/b53-51+. The lowest BCUT2D eigenvalue weighted by Crippen LogP contribution is -2.66. The molecule has 0 bridgehead atoms. The third-order valence-corrected chi connectivity index (χ3v) is 20.1. The molecule has 0 aliphatic carbocycles. The highest BCUT2D eigenvalue weighted by molar-refractivity contribution is 5.76. The van der Waals surface area contributed by atoms with Crippen LogP contribution < -0.4 is 5.32 Å². The van der Waals surface area contributed by atoms with Gasteiger partial charge in [0, 0.05) is 6.42 Å². The molecule has 3 fully saturated rings. The van der Waals surface area contributed by atoms with Crippen LogP contribution in [0.25, 0.3) is 0 Å². The van der Waals surface area contributed by atoms with Crippen molar-refractivity contribution in [3.8, 4) is 0 Å². The Bertz CT molecular complexity index is 1770. The molecule has 562 valence electrons. The highest BCUT2D eigenvalue weighted by Gasteiger charge is 2.53. The van der Waals surface area contributed by atoms with Gasteiger partial charge in [0.2, 0.25) is 5.91 Å². The number of aliphatic hydroxyl groups excluding tert-OH is 11. The van der Waals surface area contributed by atoms with E-state index in [9.17, 15) is 61.0 Å². The number of ether oxygens (including phenoxy) is 6. The Balaban J connectivity index is 1.24. The molecule has 0 radical (unpaired) electrons. The van der Waals surface area contributed by atoms with Crippen molar-refractivity contribution in [1.29, 1.82) is 0 Å². The molecule has 3 heterocycles. The SMILES string of the molecule is CCCCCCCCCC/C=C/C(O)C(COC1OC(CO)C(OC2OC(CO)C(OC3OC(CO)C(O)C(O)C3O)C(O)C2O)C(O)C1O)NC(=O)CCCCCCCCCCCCCCCCCCCCCCCCCCCCCCCCCCCCCCCCCC. The van der Waals surface area contributed by atoms with Crippen LogP contribution in [0, 0.1) is 0 Å². The van der Waals surface area contributed by atoms with Crippen molar-refractivity contribution >= 4 is 5.91 Å². The van der Waals surface area contributed by atoms with Crippen molar-refractivity contribution in [1.82, 2.24) is 5.32 Å². The third kappa shape index (κ3) is 39.0. The number of aliphatic hydroxyl groups is 11. The highest BCUT2D eigenvalue weighted by atomic mass is 16.8. The van der Waals surface area contributed by atoms with Gasteiger partial charge in [-0.15, -0.1) is 0 Å². The fraction of sp³-hybridized carbons (Fsp3) is 0.961. The number of nitrogens with one attached hydrogen (secondary N) is 1. The van der Waals surface area contributed by atoms with Crippen molar-refractivity contribution in [2.45, 2.75) is 439 Å². The van der Waals surface area contributed by atoms with Crippen LogP contribution in [-0.2, 0) is 33.2 Å². The lowest BCUT2D eigenvalue weighted by molar-refractivity contribution is -0.379. The van der Waals surface area contributed by atoms with Crippen LogP contribution >= 0.6 is 0 Å². The average Bonchev–Trinajstić information content (AvgIpc) is 0.788. The van der Waals surface area contributed by atoms with Gasteiger partial charge < -0.3 is 89.9 Å². The molecule has 1 amide bonds. The number of amides is 1. The summed E-state index contributed by atoms with van der Waals surface area (Å²) in [6, 6.07) is -0.967. The molecule has 17 unspecified atom stereocenters. The number of rotatable bonds is 63. The zero-order valence-corrected chi connectivity index (χ0v) is 59.9.